The number of amides is 4. The van der Waals surface area contributed by atoms with Gasteiger partial charge in [0, 0.05) is 15.1 Å². The minimum Gasteiger partial charge on any atom is -0.457 e. The predicted molar refractivity (Wildman–Crippen MR) is 117 cm³/mol. The minimum absolute atomic E-state index is 0.236. The monoisotopic (exact) mass is 504 g/mol. The molecule has 0 spiro atoms. The number of nitrogens with one attached hydrogen (secondary N) is 1. The molecule has 2 aromatic carbocycles. The van der Waals surface area contributed by atoms with Crippen LogP contribution in [0.1, 0.15) is 5.76 Å². The molecular weight excluding hydrogens is 495 g/mol. The fraction of sp³-hybridized carbons (Fsp3) is 0. The Balaban J connectivity index is 1.68. The standard InChI is InChI=1S/C21H11BrCl2N2O4/c22-11-1-4-13(5-2-11)26-20(28)16(19(27)25-21(26)29)10-14-6-8-18(30-14)15-7-3-12(23)9-17(15)24/h1-10H,(H,25,27,29). The Kier molecular flexibility index (Phi) is 5.51. The van der Waals surface area contributed by atoms with Crippen LogP contribution in [-0.4, -0.2) is 17.8 Å². The summed E-state index contributed by atoms with van der Waals surface area (Å²) >= 11 is 15.4. The van der Waals surface area contributed by atoms with E-state index in [0.29, 0.717) is 27.1 Å². The fourth-order valence-corrected chi connectivity index (χ4v) is 3.65. The molecular formula is C21H11BrCl2N2O4. The number of carbonyl (C=O) groups is 3. The van der Waals surface area contributed by atoms with Gasteiger partial charge in [-0.1, -0.05) is 39.1 Å². The summed E-state index contributed by atoms with van der Waals surface area (Å²) in [5, 5.41) is 3.05. The number of urea groups is 1. The van der Waals surface area contributed by atoms with Crippen molar-refractivity contribution in [1.82, 2.24) is 5.32 Å². The predicted octanol–water partition coefficient (Wildman–Crippen LogP) is 5.68. The zero-order chi connectivity index (χ0) is 21.4. The van der Waals surface area contributed by atoms with Crippen LogP contribution < -0.4 is 10.2 Å². The Labute approximate surface area is 189 Å². The summed E-state index contributed by atoms with van der Waals surface area (Å²) in [5.41, 5.74) is 0.699. The van der Waals surface area contributed by atoms with Crippen LogP contribution in [0.4, 0.5) is 10.5 Å². The van der Waals surface area contributed by atoms with E-state index in [1.165, 1.54) is 6.08 Å². The van der Waals surface area contributed by atoms with E-state index in [2.05, 4.69) is 21.2 Å². The second-order valence-electron chi connectivity index (χ2n) is 6.26. The van der Waals surface area contributed by atoms with Gasteiger partial charge in [-0.15, -0.1) is 0 Å². The average Bonchev–Trinajstić information content (AvgIpc) is 3.15. The molecule has 9 heteroatoms. The van der Waals surface area contributed by atoms with Crippen LogP contribution in [0.5, 0.6) is 0 Å². The lowest BCUT2D eigenvalue weighted by Gasteiger charge is -2.26. The van der Waals surface area contributed by atoms with Gasteiger partial charge in [0.2, 0.25) is 0 Å². The van der Waals surface area contributed by atoms with Gasteiger partial charge in [-0.2, -0.15) is 0 Å². The van der Waals surface area contributed by atoms with Crippen molar-refractivity contribution in [3.63, 3.8) is 0 Å². The first-order chi connectivity index (χ1) is 14.3. The number of hydrogen-bond acceptors (Lipinski definition) is 4. The number of halogens is 3. The molecule has 6 nitrogen and oxygen atoms in total. The average molecular weight is 506 g/mol. The molecule has 0 unspecified atom stereocenters. The van der Waals surface area contributed by atoms with Gasteiger partial charge in [0.25, 0.3) is 11.8 Å². The molecule has 0 saturated carbocycles. The Morgan fingerprint density at radius 3 is 2.40 bits per heavy atom. The van der Waals surface area contributed by atoms with E-state index in [-0.39, 0.29) is 11.3 Å². The van der Waals surface area contributed by atoms with E-state index in [4.69, 9.17) is 27.6 Å². The largest absolute Gasteiger partial charge is 0.457 e. The summed E-state index contributed by atoms with van der Waals surface area (Å²) in [5.74, 6) is -0.873. The molecule has 0 aliphatic carbocycles. The topological polar surface area (TPSA) is 79.6 Å². The SMILES string of the molecule is O=C1NC(=O)N(c2ccc(Br)cc2)C(=O)C1=Cc1ccc(-c2ccc(Cl)cc2Cl)o1. The van der Waals surface area contributed by atoms with E-state index in [1.807, 2.05) is 0 Å². The summed E-state index contributed by atoms with van der Waals surface area (Å²) < 4.78 is 6.51. The number of anilines is 1. The molecule has 1 aliphatic heterocycles. The van der Waals surface area contributed by atoms with Crippen molar-refractivity contribution in [3.8, 4) is 11.3 Å². The van der Waals surface area contributed by atoms with Crippen LogP contribution in [0.2, 0.25) is 10.0 Å². The van der Waals surface area contributed by atoms with Gasteiger partial charge < -0.3 is 4.42 Å². The molecule has 4 amide bonds. The Morgan fingerprint density at radius 1 is 0.967 bits per heavy atom. The number of benzene rings is 2. The maximum Gasteiger partial charge on any atom is 0.335 e. The van der Waals surface area contributed by atoms with Crippen LogP contribution in [0.25, 0.3) is 17.4 Å². The van der Waals surface area contributed by atoms with Crippen LogP contribution in [0.15, 0.2) is 69.1 Å². The number of hydrogen-bond donors (Lipinski definition) is 1. The first kappa shape index (κ1) is 20.4. The molecule has 0 radical (unpaired) electrons. The molecule has 0 atom stereocenters. The lowest BCUT2D eigenvalue weighted by molar-refractivity contribution is -0.122. The summed E-state index contributed by atoms with van der Waals surface area (Å²) in [7, 11) is 0. The summed E-state index contributed by atoms with van der Waals surface area (Å²) in [4.78, 5) is 38.3. The molecule has 1 fully saturated rings. The quantitative estimate of drug-likeness (QED) is 0.366. The highest BCUT2D eigenvalue weighted by molar-refractivity contribution is 9.10. The van der Waals surface area contributed by atoms with E-state index in [0.717, 1.165) is 9.37 Å². The van der Waals surface area contributed by atoms with Gasteiger partial charge in [0.1, 0.15) is 17.1 Å². The van der Waals surface area contributed by atoms with Crippen LogP contribution in [-0.2, 0) is 9.59 Å². The Bertz CT molecular complexity index is 1220. The summed E-state index contributed by atoms with van der Waals surface area (Å²) in [6.07, 6.45) is 1.28. The number of nitrogens with zero attached hydrogens (tertiary/aromatic N) is 1. The smallest absolute Gasteiger partial charge is 0.335 e. The van der Waals surface area contributed by atoms with Crippen molar-refractivity contribution < 1.29 is 18.8 Å². The third-order valence-corrected chi connectivity index (χ3v) is 5.37. The van der Waals surface area contributed by atoms with E-state index in [9.17, 15) is 14.4 Å². The van der Waals surface area contributed by atoms with Crippen LogP contribution in [0, 0.1) is 0 Å². The highest BCUT2D eigenvalue weighted by atomic mass is 79.9. The van der Waals surface area contributed by atoms with E-state index in [1.54, 1.807) is 54.6 Å². The molecule has 4 rings (SSSR count). The van der Waals surface area contributed by atoms with Gasteiger partial charge in [0.05, 0.1) is 10.7 Å². The molecule has 30 heavy (non-hydrogen) atoms. The van der Waals surface area contributed by atoms with Crippen molar-refractivity contribution in [2.75, 3.05) is 4.90 Å². The summed E-state index contributed by atoms with van der Waals surface area (Å²) in [6.45, 7) is 0. The number of carbonyl (C=O) groups excluding carboxylic acids is 3. The lowest BCUT2D eigenvalue weighted by Crippen LogP contribution is -2.54. The van der Waals surface area contributed by atoms with E-state index >= 15 is 0 Å². The van der Waals surface area contributed by atoms with Crippen molar-refractivity contribution in [2.24, 2.45) is 0 Å². The highest BCUT2D eigenvalue weighted by Gasteiger charge is 2.37. The number of barbiturate groups is 1. The molecule has 2 heterocycles. The molecule has 1 N–H and O–H groups in total. The van der Waals surface area contributed by atoms with Crippen molar-refractivity contribution in [3.05, 3.63) is 80.4 Å². The molecule has 1 saturated heterocycles. The highest BCUT2D eigenvalue weighted by Crippen LogP contribution is 2.32. The number of furan rings is 1. The second kappa shape index (κ2) is 8.10. The zero-order valence-corrected chi connectivity index (χ0v) is 18.1. The third-order valence-electron chi connectivity index (χ3n) is 4.30. The lowest BCUT2D eigenvalue weighted by atomic mass is 10.1. The van der Waals surface area contributed by atoms with Gasteiger partial charge in [-0.25, -0.2) is 9.69 Å². The third kappa shape index (κ3) is 3.92. The molecule has 150 valence electrons. The molecule has 3 aromatic rings. The van der Waals surface area contributed by atoms with Gasteiger partial charge in [-0.05, 0) is 60.7 Å². The normalized spacial score (nSPS) is 15.6. The van der Waals surface area contributed by atoms with Crippen molar-refractivity contribution in [2.45, 2.75) is 0 Å². The van der Waals surface area contributed by atoms with Gasteiger partial charge in [0.15, 0.2) is 0 Å². The van der Waals surface area contributed by atoms with Gasteiger partial charge in [-0.3, -0.25) is 14.9 Å². The Morgan fingerprint density at radius 2 is 1.70 bits per heavy atom. The number of rotatable bonds is 3. The molecule has 0 bridgehead atoms. The minimum atomic E-state index is -0.822. The molecule has 1 aromatic heterocycles. The van der Waals surface area contributed by atoms with E-state index < -0.39 is 17.8 Å². The fourth-order valence-electron chi connectivity index (χ4n) is 2.89. The van der Waals surface area contributed by atoms with Crippen LogP contribution in [0.3, 0.4) is 0 Å². The van der Waals surface area contributed by atoms with Crippen molar-refractivity contribution in [1.29, 1.82) is 0 Å². The second-order valence-corrected chi connectivity index (χ2v) is 8.02. The first-order valence-corrected chi connectivity index (χ1v) is 10.1. The van der Waals surface area contributed by atoms with Gasteiger partial charge >= 0.3 is 6.03 Å². The maximum atomic E-state index is 12.9. The van der Waals surface area contributed by atoms with Crippen LogP contribution >= 0.6 is 39.1 Å². The number of imide groups is 2. The zero-order valence-electron chi connectivity index (χ0n) is 15.0. The Hall–Kier alpha value is -2.87. The molecule has 1 aliphatic rings. The van der Waals surface area contributed by atoms with Crippen molar-refractivity contribution >= 4 is 68.7 Å². The maximum absolute atomic E-state index is 12.9. The first-order valence-electron chi connectivity index (χ1n) is 8.56. The summed E-state index contributed by atoms with van der Waals surface area (Å²) in [6, 6.07) is 13.9.